The second-order valence-electron chi connectivity index (χ2n) is 7.26. The molecule has 1 saturated carbocycles. The van der Waals surface area contributed by atoms with Crippen molar-refractivity contribution in [3.8, 4) is 11.3 Å². The normalized spacial score (nSPS) is 16.0. The van der Waals surface area contributed by atoms with E-state index in [2.05, 4.69) is 20.6 Å². The van der Waals surface area contributed by atoms with Crippen molar-refractivity contribution in [1.82, 2.24) is 20.6 Å². The van der Waals surface area contributed by atoms with Gasteiger partial charge in [0, 0.05) is 12.6 Å². The van der Waals surface area contributed by atoms with E-state index in [0.717, 1.165) is 42.3 Å². The van der Waals surface area contributed by atoms with E-state index in [1.54, 1.807) is 25.5 Å². The van der Waals surface area contributed by atoms with Crippen LogP contribution in [0.1, 0.15) is 42.7 Å². The summed E-state index contributed by atoms with van der Waals surface area (Å²) in [6.07, 6.45) is 6.91. The van der Waals surface area contributed by atoms with Crippen LogP contribution in [0.5, 0.6) is 0 Å². The SMILES string of the molecule is CNC(=O)C(NC(=O)c1ccc(-c2ccc3nc[nH]c3c2)o1)C1CCCCC1. The van der Waals surface area contributed by atoms with E-state index < -0.39 is 6.04 Å². The quantitative estimate of drug-likeness (QED) is 0.632. The zero-order chi connectivity index (χ0) is 19.5. The molecule has 1 atom stereocenters. The largest absolute Gasteiger partial charge is 0.451 e. The molecule has 28 heavy (non-hydrogen) atoms. The van der Waals surface area contributed by atoms with Crippen LogP contribution in [0.3, 0.4) is 0 Å². The summed E-state index contributed by atoms with van der Waals surface area (Å²) < 4.78 is 5.78. The molecular formula is C21H24N4O3. The van der Waals surface area contributed by atoms with Gasteiger partial charge in [-0.1, -0.05) is 19.3 Å². The second kappa shape index (κ2) is 7.88. The van der Waals surface area contributed by atoms with Crippen LogP contribution in [0.15, 0.2) is 41.1 Å². The number of aromatic nitrogens is 2. The van der Waals surface area contributed by atoms with Crippen LogP contribution in [-0.4, -0.2) is 34.9 Å². The molecule has 1 aliphatic rings. The van der Waals surface area contributed by atoms with Crippen LogP contribution < -0.4 is 10.6 Å². The number of H-pyrrole nitrogens is 1. The van der Waals surface area contributed by atoms with Crippen LogP contribution in [-0.2, 0) is 4.79 Å². The Labute approximate surface area is 162 Å². The summed E-state index contributed by atoms with van der Waals surface area (Å²) in [4.78, 5) is 32.3. The summed E-state index contributed by atoms with van der Waals surface area (Å²) in [7, 11) is 1.60. The van der Waals surface area contributed by atoms with Gasteiger partial charge in [-0.05, 0) is 49.1 Å². The number of amides is 2. The molecule has 1 unspecified atom stereocenters. The highest BCUT2D eigenvalue weighted by Gasteiger charge is 2.31. The molecule has 2 amide bonds. The summed E-state index contributed by atoms with van der Waals surface area (Å²) in [6.45, 7) is 0. The van der Waals surface area contributed by atoms with E-state index >= 15 is 0 Å². The van der Waals surface area contributed by atoms with Crippen LogP contribution in [0.2, 0.25) is 0 Å². The van der Waals surface area contributed by atoms with Crippen molar-refractivity contribution in [3.05, 3.63) is 42.4 Å². The fourth-order valence-corrected chi connectivity index (χ4v) is 3.94. The molecule has 1 fully saturated rings. The number of hydrogen-bond donors (Lipinski definition) is 3. The van der Waals surface area contributed by atoms with Gasteiger partial charge in [-0.25, -0.2) is 4.98 Å². The van der Waals surface area contributed by atoms with E-state index in [0.29, 0.717) is 5.76 Å². The van der Waals surface area contributed by atoms with Crippen molar-refractivity contribution < 1.29 is 14.0 Å². The molecule has 1 aliphatic carbocycles. The van der Waals surface area contributed by atoms with E-state index in [-0.39, 0.29) is 23.5 Å². The third-order valence-corrected chi connectivity index (χ3v) is 5.47. The van der Waals surface area contributed by atoms with Gasteiger partial charge >= 0.3 is 0 Å². The highest BCUT2D eigenvalue weighted by atomic mass is 16.4. The fraction of sp³-hybridized carbons (Fsp3) is 0.381. The van der Waals surface area contributed by atoms with Gasteiger partial charge in [-0.3, -0.25) is 9.59 Å². The summed E-state index contributed by atoms with van der Waals surface area (Å²) in [5, 5.41) is 5.55. The van der Waals surface area contributed by atoms with Gasteiger partial charge in [0.05, 0.1) is 17.4 Å². The Morgan fingerprint density at radius 1 is 1.18 bits per heavy atom. The number of benzene rings is 1. The number of hydrogen-bond acceptors (Lipinski definition) is 4. The van der Waals surface area contributed by atoms with Gasteiger partial charge < -0.3 is 20.0 Å². The van der Waals surface area contributed by atoms with Gasteiger partial charge in [0.25, 0.3) is 5.91 Å². The van der Waals surface area contributed by atoms with Crippen LogP contribution in [0, 0.1) is 5.92 Å². The Bertz CT molecular complexity index is 984. The first-order chi connectivity index (χ1) is 13.7. The molecule has 0 spiro atoms. The van der Waals surface area contributed by atoms with E-state index in [1.807, 2.05) is 18.2 Å². The number of likely N-dealkylation sites (N-methyl/N-ethyl adjacent to an activating group) is 1. The van der Waals surface area contributed by atoms with Gasteiger partial charge in [0.2, 0.25) is 5.91 Å². The topological polar surface area (TPSA) is 100 Å². The zero-order valence-corrected chi connectivity index (χ0v) is 15.8. The molecule has 7 nitrogen and oxygen atoms in total. The Balaban J connectivity index is 1.51. The van der Waals surface area contributed by atoms with E-state index in [4.69, 9.17) is 4.42 Å². The summed E-state index contributed by atoms with van der Waals surface area (Å²) in [5.74, 6) is 0.430. The number of nitrogens with one attached hydrogen (secondary N) is 3. The molecular weight excluding hydrogens is 356 g/mol. The van der Waals surface area contributed by atoms with Crippen molar-refractivity contribution in [2.24, 2.45) is 5.92 Å². The second-order valence-corrected chi connectivity index (χ2v) is 7.26. The number of furan rings is 1. The number of imidazole rings is 1. The molecule has 0 saturated heterocycles. The molecule has 1 aromatic carbocycles. The number of aromatic amines is 1. The van der Waals surface area contributed by atoms with Gasteiger partial charge in [-0.2, -0.15) is 0 Å². The lowest BCUT2D eigenvalue weighted by atomic mass is 9.83. The first kappa shape index (κ1) is 18.3. The highest BCUT2D eigenvalue weighted by molar-refractivity contribution is 5.96. The zero-order valence-electron chi connectivity index (χ0n) is 15.8. The smallest absolute Gasteiger partial charge is 0.287 e. The minimum Gasteiger partial charge on any atom is -0.451 e. The molecule has 3 N–H and O–H groups in total. The number of carbonyl (C=O) groups is 2. The highest BCUT2D eigenvalue weighted by Crippen LogP contribution is 2.28. The van der Waals surface area contributed by atoms with Crippen molar-refractivity contribution >= 4 is 22.8 Å². The maximum absolute atomic E-state index is 12.7. The van der Waals surface area contributed by atoms with E-state index in [9.17, 15) is 9.59 Å². The molecule has 146 valence electrons. The summed E-state index contributed by atoms with van der Waals surface area (Å²) in [5.41, 5.74) is 2.62. The predicted molar refractivity (Wildman–Crippen MR) is 106 cm³/mol. The van der Waals surface area contributed by atoms with Gasteiger partial charge in [-0.15, -0.1) is 0 Å². The number of rotatable bonds is 5. The predicted octanol–water partition coefficient (Wildman–Crippen LogP) is 3.25. The lowest BCUT2D eigenvalue weighted by molar-refractivity contribution is -0.124. The van der Waals surface area contributed by atoms with Crippen molar-refractivity contribution in [2.45, 2.75) is 38.1 Å². The van der Waals surface area contributed by atoms with Crippen molar-refractivity contribution in [2.75, 3.05) is 7.05 Å². The molecule has 2 aromatic heterocycles. The molecule has 4 rings (SSSR count). The summed E-state index contributed by atoms with van der Waals surface area (Å²) in [6, 6.07) is 8.60. The molecule has 2 heterocycles. The van der Waals surface area contributed by atoms with Crippen LogP contribution in [0.4, 0.5) is 0 Å². The molecule has 0 radical (unpaired) electrons. The fourth-order valence-electron chi connectivity index (χ4n) is 3.94. The average molecular weight is 380 g/mol. The van der Waals surface area contributed by atoms with E-state index in [1.165, 1.54) is 6.42 Å². The van der Waals surface area contributed by atoms with Gasteiger partial charge in [0.15, 0.2) is 5.76 Å². The lowest BCUT2D eigenvalue weighted by Crippen LogP contribution is -2.50. The molecule has 7 heteroatoms. The third kappa shape index (κ3) is 3.65. The summed E-state index contributed by atoms with van der Waals surface area (Å²) >= 11 is 0. The Morgan fingerprint density at radius 2 is 2.00 bits per heavy atom. The molecule has 0 aliphatic heterocycles. The minimum atomic E-state index is -0.535. The average Bonchev–Trinajstić information content (AvgIpc) is 3.40. The first-order valence-corrected chi connectivity index (χ1v) is 9.71. The third-order valence-electron chi connectivity index (χ3n) is 5.47. The minimum absolute atomic E-state index is 0.156. The maximum atomic E-state index is 12.7. The van der Waals surface area contributed by atoms with Crippen LogP contribution >= 0.6 is 0 Å². The Morgan fingerprint density at radius 3 is 2.79 bits per heavy atom. The van der Waals surface area contributed by atoms with Crippen molar-refractivity contribution in [3.63, 3.8) is 0 Å². The molecule has 0 bridgehead atoms. The lowest BCUT2D eigenvalue weighted by Gasteiger charge is -2.29. The van der Waals surface area contributed by atoms with Gasteiger partial charge in [0.1, 0.15) is 11.8 Å². The number of carbonyl (C=O) groups excluding carboxylic acids is 2. The van der Waals surface area contributed by atoms with Crippen molar-refractivity contribution in [1.29, 1.82) is 0 Å². The van der Waals surface area contributed by atoms with Crippen LogP contribution in [0.25, 0.3) is 22.4 Å². The number of fused-ring (bicyclic) bond motifs is 1. The molecule has 3 aromatic rings. The first-order valence-electron chi connectivity index (χ1n) is 9.71. The maximum Gasteiger partial charge on any atom is 0.287 e. The standard InChI is InChI=1S/C21H24N4O3/c1-22-21(27)19(13-5-3-2-4-6-13)25-20(26)18-10-9-17(28-18)14-7-8-15-16(11-14)24-12-23-15/h7-13,19H,2-6H2,1H3,(H,22,27)(H,23,24)(H,25,26). The number of nitrogens with zero attached hydrogens (tertiary/aromatic N) is 1. The Kier molecular flexibility index (Phi) is 5.14. The monoisotopic (exact) mass is 380 g/mol. The Hall–Kier alpha value is -3.09.